The van der Waals surface area contributed by atoms with E-state index in [0.717, 1.165) is 12.8 Å². The van der Waals surface area contributed by atoms with E-state index in [4.69, 9.17) is 4.52 Å². The molecule has 1 aromatic carbocycles. The summed E-state index contributed by atoms with van der Waals surface area (Å²) in [5.74, 6) is 0.514. The van der Waals surface area contributed by atoms with E-state index in [9.17, 15) is 13.2 Å². The highest BCUT2D eigenvalue weighted by Gasteiger charge is 2.28. The molecule has 0 spiro atoms. The minimum atomic E-state index is -3.51. The molecule has 2 heterocycles. The summed E-state index contributed by atoms with van der Waals surface area (Å²) >= 11 is 0. The fraction of sp³-hybridized carbons (Fsp3) is 0.474. The van der Waals surface area contributed by atoms with E-state index in [1.54, 1.807) is 23.4 Å². The van der Waals surface area contributed by atoms with Gasteiger partial charge < -0.3 is 9.84 Å². The van der Waals surface area contributed by atoms with Crippen LogP contribution in [0, 0.1) is 12.8 Å². The van der Waals surface area contributed by atoms with Crippen LogP contribution in [0.5, 0.6) is 0 Å². The third-order valence-electron chi connectivity index (χ3n) is 4.87. The summed E-state index contributed by atoms with van der Waals surface area (Å²) in [6.45, 7) is 6.76. The van der Waals surface area contributed by atoms with Crippen molar-refractivity contribution >= 4 is 21.6 Å². The molecule has 1 aliphatic rings. The van der Waals surface area contributed by atoms with Crippen molar-refractivity contribution in [3.63, 3.8) is 0 Å². The van der Waals surface area contributed by atoms with Crippen molar-refractivity contribution in [2.24, 2.45) is 5.92 Å². The largest absolute Gasteiger partial charge is 0.361 e. The fourth-order valence-electron chi connectivity index (χ4n) is 3.37. The van der Waals surface area contributed by atoms with Gasteiger partial charge in [0, 0.05) is 18.8 Å². The lowest BCUT2D eigenvalue weighted by Gasteiger charge is -2.30. The lowest BCUT2D eigenvalue weighted by Crippen LogP contribution is -2.39. The Kier molecular flexibility index (Phi) is 5.67. The molecule has 1 N–H and O–H groups in total. The normalized spacial score (nSPS) is 18.4. The number of anilines is 1. The van der Waals surface area contributed by atoms with Crippen LogP contribution in [0.25, 0.3) is 0 Å². The molecule has 7 nitrogen and oxygen atoms in total. The van der Waals surface area contributed by atoms with Crippen molar-refractivity contribution < 1.29 is 17.7 Å². The van der Waals surface area contributed by atoms with E-state index in [1.807, 2.05) is 6.92 Å². The van der Waals surface area contributed by atoms with Gasteiger partial charge in [-0.15, -0.1) is 0 Å². The average Bonchev–Trinajstić information content (AvgIpc) is 3.03. The van der Waals surface area contributed by atoms with Gasteiger partial charge >= 0.3 is 0 Å². The fourth-order valence-corrected chi connectivity index (χ4v) is 4.97. The molecule has 0 radical (unpaired) electrons. The van der Waals surface area contributed by atoms with Crippen LogP contribution in [0.3, 0.4) is 0 Å². The van der Waals surface area contributed by atoms with Gasteiger partial charge in [-0.1, -0.05) is 19.0 Å². The highest BCUT2D eigenvalue weighted by molar-refractivity contribution is 7.89. The van der Waals surface area contributed by atoms with Crippen LogP contribution in [0.4, 0.5) is 5.69 Å². The van der Waals surface area contributed by atoms with E-state index in [1.165, 1.54) is 12.1 Å². The topological polar surface area (TPSA) is 92.5 Å². The second-order valence-corrected chi connectivity index (χ2v) is 8.94. The summed E-state index contributed by atoms with van der Waals surface area (Å²) in [6.07, 6.45) is 2.52. The summed E-state index contributed by atoms with van der Waals surface area (Å²) in [5, 5.41) is 6.66. The minimum Gasteiger partial charge on any atom is -0.361 e. The van der Waals surface area contributed by atoms with Crippen LogP contribution >= 0.6 is 0 Å². The maximum absolute atomic E-state index is 12.8. The van der Waals surface area contributed by atoms with E-state index in [0.29, 0.717) is 48.1 Å². The van der Waals surface area contributed by atoms with E-state index < -0.39 is 10.0 Å². The van der Waals surface area contributed by atoms with Crippen molar-refractivity contribution in [2.75, 3.05) is 18.4 Å². The zero-order valence-corrected chi connectivity index (χ0v) is 16.7. The van der Waals surface area contributed by atoms with Crippen molar-refractivity contribution in [3.05, 3.63) is 41.3 Å². The van der Waals surface area contributed by atoms with Gasteiger partial charge in [0.1, 0.15) is 11.3 Å². The molecule has 1 amide bonds. The maximum Gasteiger partial charge on any atom is 0.261 e. The van der Waals surface area contributed by atoms with E-state index in [2.05, 4.69) is 17.4 Å². The SMILES string of the molecule is CCc1noc(C)c1C(=O)Nc1ccc(S(=O)(=O)N2CCC[C@@H](C)C2)cc1. The zero-order valence-electron chi connectivity index (χ0n) is 15.9. The number of aromatic nitrogens is 1. The van der Waals surface area contributed by atoms with E-state index >= 15 is 0 Å². The Morgan fingerprint density at radius 2 is 2.04 bits per heavy atom. The molecule has 27 heavy (non-hydrogen) atoms. The van der Waals surface area contributed by atoms with Gasteiger partial charge in [0.25, 0.3) is 5.91 Å². The molecule has 0 bridgehead atoms. The lowest BCUT2D eigenvalue weighted by molar-refractivity contribution is 0.102. The van der Waals surface area contributed by atoms with Gasteiger partial charge in [-0.2, -0.15) is 4.31 Å². The summed E-state index contributed by atoms with van der Waals surface area (Å²) < 4.78 is 32.2. The Labute approximate surface area is 159 Å². The number of nitrogens with one attached hydrogen (secondary N) is 1. The number of piperidine rings is 1. The molecule has 1 aromatic heterocycles. The molecule has 146 valence electrons. The number of hydrogen-bond acceptors (Lipinski definition) is 5. The molecule has 1 aliphatic heterocycles. The molecule has 1 atom stereocenters. The van der Waals surface area contributed by atoms with Crippen LogP contribution in [-0.4, -0.2) is 36.9 Å². The van der Waals surface area contributed by atoms with Crippen molar-refractivity contribution in [2.45, 2.75) is 44.9 Å². The predicted octanol–water partition coefficient (Wildman–Crippen LogP) is 3.22. The molecule has 0 unspecified atom stereocenters. The first-order valence-electron chi connectivity index (χ1n) is 9.19. The van der Waals surface area contributed by atoms with Gasteiger partial charge in [0.2, 0.25) is 10.0 Å². The molecule has 1 saturated heterocycles. The standard InChI is InChI=1S/C19H25N3O4S/c1-4-17-18(14(3)26-21-17)19(23)20-15-7-9-16(10-8-15)27(24,25)22-11-5-6-13(2)12-22/h7-10,13H,4-6,11-12H2,1-3H3,(H,20,23)/t13-/m1/s1. The lowest BCUT2D eigenvalue weighted by atomic mass is 10.0. The van der Waals surface area contributed by atoms with Gasteiger partial charge in [-0.3, -0.25) is 4.79 Å². The first-order valence-corrected chi connectivity index (χ1v) is 10.6. The van der Waals surface area contributed by atoms with Crippen molar-refractivity contribution in [1.29, 1.82) is 0 Å². The summed E-state index contributed by atoms with van der Waals surface area (Å²) in [5.41, 5.74) is 1.55. The van der Waals surface area contributed by atoms with Crippen molar-refractivity contribution in [3.8, 4) is 0 Å². The minimum absolute atomic E-state index is 0.241. The van der Waals surface area contributed by atoms with E-state index in [-0.39, 0.29) is 10.8 Å². The smallest absolute Gasteiger partial charge is 0.261 e. The van der Waals surface area contributed by atoms with Crippen molar-refractivity contribution in [1.82, 2.24) is 9.46 Å². The van der Waals surface area contributed by atoms with Gasteiger partial charge in [0.05, 0.1) is 10.6 Å². The number of carbonyl (C=O) groups excluding carboxylic acids is 1. The van der Waals surface area contributed by atoms with Gasteiger partial charge in [-0.05, 0) is 56.4 Å². The number of rotatable bonds is 5. The molecule has 3 rings (SSSR count). The first kappa shape index (κ1) is 19.6. The van der Waals surface area contributed by atoms with Crippen LogP contribution in [0.2, 0.25) is 0 Å². The predicted molar refractivity (Wildman–Crippen MR) is 102 cm³/mol. The highest BCUT2D eigenvalue weighted by Crippen LogP contribution is 2.25. The highest BCUT2D eigenvalue weighted by atomic mass is 32.2. The van der Waals surface area contributed by atoms with Gasteiger partial charge in [-0.25, -0.2) is 8.42 Å². The number of benzene rings is 1. The second-order valence-electron chi connectivity index (χ2n) is 7.00. The molecule has 0 aliphatic carbocycles. The summed E-state index contributed by atoms with van der Waals surface area (Å²) in [7, 11) is -3.51. The number of amides is 1. The second kappa shape index (κ2) is 7.82. The molecular weight excluding hydrogens is 366 g/mol. The van der Waals surface area contributed by atoms with Crippen LogP contribution < -0.4 is 5.32 Å². The third kappa shape index (κ3) is 4.06. The quantitative estimate of drug-likeness (QED) is 0.845. The third-order valence-corrected chi connectivity index (χ3v) is 6.74. The maximum atomic E-state index is 12.8. The summed E-state index contributed by atoms with van der Waals surface area (Å²) in [4.78, 5) is 12.7. The Hall–Kier alpha value is -2.19. The number of nitrogens with zero attached hydrogens (tertiary/aromatic N) is 2. The monoisotopic (exact) mass is 391 g/mol. The summed E-state index contributed by atoms with van der Waals surface area (Å²) in [6, 6.07) is 6.27. The Bertz CT molecular complexity index is 919. The number of sulfonamides is 1. The van der Waals surface area contributed by atoms with Crippen LogP contribution in [-0.2, 0) is 16.4 Å². The molecular formula is C19H25N3O4S. The number of carbonyl (C=O) groups is 1. The zero-order chi connectivity index (χ0) is 19.6. The van der Waals surface area contributed by atoms with Crippen LogP contribution in [0.15, 0.2) is 33.7 Å². The average molecular weight is 391 g/mol. The van der Waals surface area contributed by atoms with Gasteiger partial charge in [0.15, 0.2) is 0 Å². The number of hydrogen-bond donors (Lipinski definition) is 1. The molecule has 8 heteroatoms. The Balaban J connectivity index is 1.75. The number of aryl methyl sites for hydroxylation is 2. The molecule has 0 saturated carbocycles. The Morgan fingerprint density at radius 1 is 1.33 bits per heavy atom. The first-order chi connectivity index (χ1) is 12.8. The van der Waals surface area contributed by atoms with Crippen LogP contribution in [0.1, 0.15) is 48.5 Å². The molecule has 1 fully saturated rings. The molecule has 2 aromatic rings. The Morgan fingerprint density at radius 3 is 2.67 bits per heavy atom.